The topological polar surface area (TPSA) is 61.0 Å². The minimum Gasteiger partial charge on any atom is -0.463 e. The van der Waals surface area contributed by atoms with Crippen molar-refractivity contribution < 1.29 is 4.74 Å². The summed E-state index contributed by atoms with van der Waals surface area (Å²) in [6.07, 6.45) is 5.35. The molecule has 1 aliphatic rings. The van der Waals surface area contributed by atoms with Gasteiger partial charge in [0.1, 0.15) is 10.7 Å². The van der Waals surface area contributed by atoms with Crippen LogP contribution in [0.1, 0.15) is 25.0 Å². The van der Waals surface area contributed by atoms with Crippen molar-refractivity contribution in [1.29, 1.82) is 0 Å². The van der Waals surface area contributed by atoms with Crippen molar-refractivity contribution in [3.05, 3.63) is 18.0 Å². The van der Waals surface area contributed by atoms with Gasteiger partial charge in [0.2, 0.25) is 0 Å². The van der Waals surface area contributed by atoms with E-state index in [0.29, 0.717) is 18.3 Å². The molecule has 0 aromatic carbocycles. The first kappa shape index (κ1) is 10.3. The van der Waals surface area contributed by atoms with Gasteiger partial charge in [0.25, 0.3) is 0 Å². The van der Waals surface area contributed by atoms with Gasteiger partial charge in [-0.2, -0.15) is 4.98 Å². The molecule has 0 saturated heterocycles. The van der Waals surface area contributed by atoms with Gasteiger partial charge in [0, 0.05) is 6.20 Å². The Kier molecular flexibility index (Phi) is 3.11. The van der Waals surface area contributed by atoms with Gasteiger partial charge in [-0.1, -0.05) is 25.1 Å². The van der Waals surface area contributed by atoms with Crippen LogP contribution in [0, 0.1) is 5.92 Å². The van der Waals surface area contributed by atoms with E-state index >= 15 is 0 Å². The number of rotatable bonds is 5. The zero-order valence-electron chi connectivity index (χ0n) is 8.35. The molecule has 0 atom stereocenters. The van der Waals surface area contributed by atoms with E-state index in [9.17, 15) is 0 Å². The summed E-state index contributed by atoms with van der Waals surface area (Å²) in [6.45, 7) is 0.672. The molecule has 1 fully saturated rings. The van der Waals surface area contributed by atoms with Crippen LogP contribution in [0.25, 0.3) is 0 Å². The molecule has 0 amide bonds. The van der Waals surface area contributed by atoms with Crippen molar-refractivity contribution in [1.82, 2.24) is 9.97 Å². The molecular formula is C10H13N3OS. The van der Waals surface area contributed by atoms with E-state index < -0.39 is 0 Å². The van der Waals surface area contributed by atoms with Gasteiger partial charge in [0.05, 0.1) is 6.61 Å². The summed E-state index contributed by atoms with van der Waals surface area (Å²) in [6, 6.07) is 2.04. The lowest BCUT2D eigenvalue weighted by molar-refractivity contribution is 0.279. The highest BCUT2D eigenvalue weighted by atomic mass is 32.1. The van der Waals surface area contributed by atoms with Gasteiger partial charge in [-0.25, -0.2) is 4.98 Å². The number of hydrogen-bond donors (Lipinski definition) is 1. The van der Waals surface area contributed by atoms with Gasteiger partial charge in [-0.3, -0.25) is 0 Å². The maximum absolute atomic E-state index is 5.46. The van der Waals surface area contributed by atoms with Crippen molar-refractivity contribution in [3.63, 3.8) is 0 Å². The zero-order chi connectivity index (χ0) is 10.7. The summed E-state index contributed by atoms with van der Waals surface area (Å²) in [7, 11) is 0. The Morgan fingerprint density at radius 1 is 1.60 bits per heavy atom. The monoisotopic (exact) mass is 223 g/mol. The average molecular weight is 223 g/mol. The molecule has 0 radical (unpaired) electrons. The van der Waals surface area contributed by atoms with Crippen LogP contribution in [0.5, 0.6) is 6.01 Å². The van der Waals surface area contributed by atoms with Crippen LogP contribution >= 0.6 is 12.2 Å². The van der Waals surface area contributed by atoms with E-state index in [2.05, 4.69) is 9.97 Å². The summed E-state index contributed by atoms with van der Waals surface area (Å²) in [5.41, 5.74) is 6.01. The van der Waals surface area contributed by atoms with E-state index in [0.717, 1.165) is 12.3 Å². The summed E-state index contributed by atoms with van der Waals surface area (Å²) in [4.78, 5) is 8.35. The van der Waals surface area contributed by atoms with Crippen molar-refractivity contribution >= 4 is 17.2 Å². The summed E-state index contributed by atoms with van der Waals surface area (Å²) in [5, 5.41) is 0. The predicted octanol–water partition coefficient (Wildman–Crippen LogP) is 1.29. The average Bonchev–Trinajstić information content (AvgIpc) is 3.02. The zero-order valence-corrected chi connectivity index (χ0v) is 9.17. The molecule has 1 heterocycles. The molecule has 2 N–H and O–H groups in total. The van der Waals surface area contributed by atoms with Crippen LogP contribution in [0.15, 0.2) is 12.3 Å². The highest BCUT2D eigenvalue weighted by molar-refractivity contribution is 7.80. The largest absolute Gasteiger partial charge is 0.463 e. The Morgan fingerprint density at radius 2 is 2.40 bits per heavy atom. The Morgan fingerprint density at radius 3 is 3.07 bits per heavy atom. The van der Waals surface area contributed by atoms with Crippen LogP contribution in [-0.4, -0.2) is 21.6 Å². The van der Waals surface area contributed by atoms with Crippen molar-refractivity contribution in [2.45, 2.75) is 19.3 Å². The quantitative estimate of drug-likeness (QED) is 0.762. The first-order valence-electron chi connectivity index (χ1n) is 5.01. The SMILES string of the molecule is NC(=S)c1ccnc(OCCC2CC2)n1. The van der Waals surface area contributed by atoms with Crippen LogP contribution in [0.3, 0.4) is 0 Å². The second-order valence-corrected chi connectivity index (χ2v) is 4.11. The first-order chi connectivity index (χ1) is 7.25. The third kappa shape index (κ3) is 3.13. The third-order valence-electron chi connectivity index (χ3n) is 2.34. The van der Waals surface area contributed by atoms with Crippen molar-refractivity contribution in [3.8, 4) is 6.01 Å². The second-order valence-electron chi connectivity index (χ2n) is 3.67. The minimum atomic E-state index is 0.268. The van der Waals surface area contributed by atoms with Crippen LogP contribution in [-0.2, 0) is 0 Å². The predicted molar refractivity (Wildman–Crippen MR) is 60.8 cm³/mol. The molecule has 2 rings (SSSR count). The van der Waals surface area contributed by atoms with Gasteiger partial charge in [-0.05, 0) is 18.4 Å². The third-order valence-corrected chi connectivity index (χ3v) is 2.55. The van der Waals surface area contributed by atoms with E-state index in [-0.39, 0.29) is 4.99 Å². The standard InChI is InChI=1S/C10H13N3OS/c11-9(15)8-3-5-12-10(13-8)14-6-4-7-1-2-7/h3,5,7H,1-2,4,6H2,(H2,11,15). The number of hydrogen-bond acceptors (Lipinski definition) is 4. The van der Waals surface area contributed by atoms with E-state index in [1.165, 1.54) is 12.8 Å². The summed E-state index contributed by atoms with van der Waals surface area (Å²) >= 11 is 4.82. The second kappa shape index (κ2) is 4.53. The molecule has 80 valence electrons. The molecular weight excluding hydrogens is 210 g/mol. The lowest BCUT2D eigenvalue weighted by Crippen LogP contribution is -2.13. The minimum absolute atomic E-state index is 0.268. The number of aromatic nitrogens is 2. The Balaban J connectivity index is 1.88. The first-order valence-corrected chi connectivity index (χ1v) is 5.42. The molecule has 1 aromatic rings. The summed E-state index contributed by atoms with van der Waals surface area (Å²) in [5.74, 6) is 0.851. The smallest absolute Gasteiger partial charge is 0.316 e. The van der Waals surface area contributed by atoms with Gasteiger partial charge in [0.15, 0.2) is 0 Å². The van der Waals surface area contributed by atoms with Crippen molar-refractivity contribution in [2.75, 3.05) is 6.61 Å². The maximum Gasteiger partial charge on any atom is 0.316 e. The fourth-order valence-electron chi connectivity index (χ4n) is 1.27. The molecule has 0 aliphatic heterocycles. The van der Waals surface area contributed by atoms with Crippen LogP contribution in [0.4, 0.5) is 0 Å². The lowest BCUT2D eigenvalue weighted by Gasteiger charge is -2.04. The van der Waals surface area contributed by atoms with Crippen LogP contribution < -0.4 is 10.5 Å². The molecule has 0 bridgehead atoms. The molecule has 0 spiro atoms. The lowest BCUT2D eigenvalue weighted by atomic mass is 10.3. The number of ether oxygens (including phenoxy) is 1. The van der Waals surface area contributed by atoms with Gasteiger partial charge >= 0.3 is 6.01 Å². The maximum atomic E-state index is 5.46. The number of thiocarbonyl (C=S) groups is 1. The van der Waals surface area contributed by atoms with Crippen molar-refractivity contribution in [2.24, 2.45) is 11.7 Å². The highest BCUT2D eigenvalue weighted by Gasteiger charge is 2.20. The van der Waals surface area contributed by atoms with Crippen LogP contribution in [0.2, 0.25) is 0 Å². The number of nitrogens with zero attached hydrogens (tertiary/aromatic N) is 2. The molecule has 4 nitrogen and oxygen atoms in total. The molecule has 15 heavy (non-hydrogen) atoms. The normalized spacial score (nSPS) is 14.9. The molecule has 5 heteroatoms. The van der Waals surface area contributed by atoms with Gasteiger partial charge < -0.3 is 10.5 Å². The highest BCUT2D eigenvalue weighted by Crippen LogP contribution is 2.32. The van der Waals surface area contributed by atoms with Gasteiger partial charge in [-0.15, -0.1) is 0 Å². The Hall–Kier alpha value is -1.23. The Bertz CT molecular complexity index is 365. The molecule has 0 unspecified atom stereocenters. The van der Waals surface area contributed by atoms with E-state index in [1.54, 1.807) is 12.3 Å². The summed E-state index contributed by atoms with van der Waals surface area (Å²) < 4.78 is 5.41. The van der Waals surface area contributed by atoms with E-state index in [4.69, 9.17) is 22.7 Å². The van der Waals surface area contributed by atoms with E-state index in [1.807, 2.05) is 0 Å². The number of nitrogens with two attached hydrogens (primary N) is 1. The molecule has 1 aromatic heterocycles. The molecule has 1 saturated carbocycles. The fraction of sp³-hybridized carbons (Fsp3) is 0.500. The fourth-order valence-corrected chi connectivity index (χ4v) is 1.38. The Labute approximate surface area is 93.9 Å². The molecule has 1 aliphatic carbocycles.